The molecule has 0 saturated heterocycles. The molecule has 0 atom stereocenters. The van der Waals surface area contributed by atoms with Gasteiger partial charge in [-0.3, -0.25) is 9.59 Å². The van der Waals surface area contributed by atoms with E-state index in [0.29, 0.717) is 0 Å². The zero-order chi connectivity index (χ0) is 18.2. The van der Waals surface area contributed by atoms with Crippen LogP contribution in [-0.4, -0.2) is 38.0 Å². The summed E-state index contributed by atoms with van der Waals surface area (Å²) in [4.78, 5) is 33.4. The molecule has 25 heavy (non-hydrogen) atoms. The van der Waals surface area contributed by atoms with Gasteiger partial charge in [-0.05, 0) is 40.6 Å². The second-order valence-electron chi connectivity index (χ2n) is 5.16. The van der Waals surface area contributed by atoms with Gasteiger partial charge in [-0.25, -0.2) is 4.79 Å². The van der Waals surface area contributed by atoms with Crippen molar-refractivity contribution in [1.82, 2.24) is 5.32 Å². The Kier molecular flexibility index (Phi) is 6.11. The molecular weight excluding hydrogens is 324 g/mol. The van der Waals surface area contributed by atoms with Crippen molar-refractivity contribution in [2.75, 3.05) is 20.3 Å². The first-order valence-electron chi connectivity index (χ1n) is 7.45. The lowest BCUT2D eigenvalue weighted by atomic mass is 10.1. The number of amides is 2. The number of carbonyl (C=O) groups is 3. The standard InChI is InChI=1S/C18H18N2O5/c1-24-15-6-5-13-8-12(2-4-14(13)9-15)3-7-18(23)25-11-17(22)20-10-16(19)21/h2-9H,10-11H2,1H3,(H2,19,21)(H,20,22)/b7-3+. The minimum atomic E-state index is -0.673. The second kappa shape index (κ2) is 8.49. The lowest BCUT2D eigenvalue weighted by Crippen LogP contribution is -2.35. The zero-order valence-corrected chi connectivity index (χ0v) is 13.7. The Morgan fingerprint density at radius 1 is 1.12 bits per heavy atom. The Labute approximate surface area is 144 Å². The summed E-state index contributed by atoms with van der Waals surface area (Å²) in [6, 6.07) is 11.4. The maximum absolute atomic E-state index is 11.6. The van der Waals surface area contributed by atoms with E-state index >= 15 is 0 Å². The fraction of sp³-hybridized carbons (Fsp3) is 0.167. The maximum atomic E-state index is 11.6. The summed E-state index contributed by atoms with van der Waals surface area (Å²) >= 11 is 0. The molecule has 0 saturated carbocycles. The number of hydrogen-bond donors (Lipinski definition) is 2. The molecule has 0 fully saturated rings. The highest BCUT2D eigenvalue weighted by molar-refractivity contribution is 5.91. The minimum Gasteiger partial charge on any atom is -0.497 e. The molecule has 0 spiro atoms. The highest BCUT2D eigenvalue weighted by atomic mass is 16.5. The lowest BCUT2D eigenvalue weighted by Gasteiger charge is -2.04. The molecule has 7 heteroatoms. The van der Waals surface area contributed by atoms with Gasteiger partial charge in [0.25, 0.3) is 5.91 Å². The fourth-order valence-corrected chi connectivity index (χ4v) is 2.06. The molecule has 0 bridgehead atoms. The molecule has 0 heterocycles. The van der Waals surface area contributed by atoms with Crippen LogP contribution in [0.2, 0.25) is 0 Å². The van der Waals surface area contributed by atoms with Crippen molar-refractivity contribution in [1.29, 1.82) is 0 Å². The van der Waals surface area contributed by atoms with E-state index in [1.807, 2.05) is 36.4 Å². The maximum Gasteiger partial charge on any atom is 0.331 e. The van der Waals surface area contributed by atoms with Gasteiger partial charge in [-0.2, -0.15) is 0 Å². The van der Waals surface area contributed by atoms with Gasteiger partial charge in [0.1, 0.15) is 5.75 Å². The molecule has 2 rings (SSSR count). The van der Waals surface area contributed by atoms with Crippen LogP contribution in [0.5, 0.6) is 5.75 Å². The van der Waals surface area contributed by atoms with Crippen LogP contribution in [0.4, 0.5) is 0 Å². The Balaban J connectivity index is 1.92. The number of nitrogens with one attached hydrogen (secondary N) is 1. The summed E-state index contributed by atoms with van der Waals surface area (Å²) in [6.45, 7) is -0.776. The van der Waals surface area contributed by atoms with Gasteiger partial charge < -0.3 is 20.5 Å². The van der Waals surface area contributed by atoms with E-state index in [0.717, 1.165) is 22.1 Å². The molecule has 0 aliphatic carbocycles. The molecular formula is C18H18N2O5. The summed E-state index contributed by atoms with van der Waals surface area (Å²) in [5.41, 5.74) is 5.70. The fourth-order valence-electron chi connectivity index (χ4n) is 2.06. The Morgan fingerprint density at radius 2 is 1.84 bits per heavy atom. The molecule has 0 aliphatic rings. The third-order valence-electron chi connectivity index (χ3n) is 3.29. The number of primary amides is 1. The van der Waals surface area contributed by atoms with E-state index in [-0.39, 0.29) is 6.54 Å². The van der Waals surface area contributed by atoms with E-state index in [1.54, 1.807) is 13.2 Å². The van der Waals surface area contributed by atoms with E-state index in [1.165, 1.54) is 6.08 Å². The van der Waals surface area contributed by atoms with Crippen LogP contribution in [0.25, 0.3) is 16.8 Å². The topological polar surface area (TPSA) is 108 Å². The summed E-state index contributed by atoms with van der Waals surface area (Å²) in [5, 5.41) is 4.24. The van der Waals surface area contributed by atoms with E-state index < -0.39 is 24.4 Å². The number of benzene rings is 2. The van der Waals surface area contributed by atoms with Crippen molar-refractivity contribution in [3.63, 3.8) is 0 Å². The van der Waals surface area contributed by atoms with Crippen LogP contribution in [0.1, 0.15) is 5.56 Å². The number of methoxy groups -OCH3 is 1. The van der Waals surface area contributed by atoms with Crippen LogP contribution in [-0.2, 0) is 19.1 Å². The van der Waals surface area contributed by atoms with E-state index in [4.69, 9.17) is 15.2 Å². The molecule has 0 aliphatic heterocycles. The van der Waals surface area contributed by atoms with Crippen molar-refractivity contribution in [2.24, 2.45) is 5.73 Å². The third kappa shape index (κ3) is 5.65. The van der Waals surface area contributed by atoms with Crippen molar-refractivity contribution < 1.29 is 23.9 Å². The number of ether oxygens (including phenoxy) is 2. The first kappa shape index (κ1) is 18.0. The SMILES string of the molecule is COc1ccc2cc(/C=C/C(=O)OCC(=O)NCC(N)=O)ccc2c1. The van der Waals surface area contributed by atoms with Crippen LogP contribution < -0.4 is 15.8 Å². The van der Waals surface area contributed by atoms with Gasteiger partial charge in [0.15, 0.2) is 6.61 Å². The monoisotopic (exact) mass is 342 g/mol. The number of nitrogens with two attached hydrogens (primary N) is 1. The highest BCUT2D eigenvalue weighted by Crippen LogP contribution is 2.22. The van der Waals surface area contributed by atoms with Crippen molar-refractivity contribution >= 4 is 34.6 Å². The van der Waals surface area contributed by atoms with Crippen molar-refractivity contribution in [3.8, 4) is 5.75 Å². The summed E-state index contributed by atoms with van der Waals surface area (Å²) in [7, 11) is 1.61. The average Bonchev–Trinajstić information content (AvgIpc) is 2.62. The quantitative estimate of drug-likeness (QED) is 0.577. The van der Waals surface area contributed by atoms with Crippen LogP contribution in [0.3, 0.4) is 0 Å². The van der Waals surface area contributed by atoms with E-state index in [2.05, 4.69) is 5.32 Å². The zero-order valence-electron chi connectivity index (χ0n) is 13.7. The average molecular weight is 342 g/mol. The smallest absolute Gasteiger partial charge is 0.331 e. The first-order valence-corrected chi connectivity index (χ1v) is 7.45. The molecule has 2 aromatic rings. The molecule has 0 unspecified atom stereocenters. The Morgan fingerprint density at radius 3 is 2.56 bits per heavy atom. The van der Waals surface area contributed by atoms with E-state index in [9.17, 15) is 14.4 Å². The minimum absolute atomic E-state index is 0.298. The van der Waals surface area contributed by atoms with Gasteiger partial charge in [-0.15, -0.1) is 0 Å². The Hall–Kier alpha value is -3.35. The third-order valence-corrected chi connectivity index (χ3v) is 3.29. The number of fused-ring (bicyclic) bond motifs is 1. The summed E-state index contributed by atoms with van der Waals surface area (Å²) in [6.07, 6.45) is 2.82. The van der Waals surface area contributed by atoms with Crippen LogP contribution in [0.15, 0.2) is 42.5 Å². The molecule has 3 N–H and O–H groups in total. The molecule has 2 aromatic carbocycles. The second-order valence-corrected chi connectivity index (χ2v) is 5.16. The molecule has 2 amide bonds. The first-order chi connectivity index (χ1) is 12.0. The van der Waals surface area contributed by atoms with Gasteiger partial charge in [-0.1, -0.05) is 18.2 Å². The van der Waals surface area contributed by atoms with Crippen LogP contribution >= 0.6 is 0 Å². The summed E-state index contributed by atoms with van der Waals surface area (Å²) in [5.74, 6) is -1.16. The molecule has 130 valence electrons. The predicted octanol–water partition coefficient (Wildman–Crippen LogP) is 1.01. The number of esters is 1. The number of hydrogen-bond acceptors (Lipinski definition) is 5. The van der Waals surface area contributed by atoms with Gasteiger partial charge >= 0.3 is 5.97 Å². The Bertz CT molecular complexity index is 829. The highest BCUT2D eigenvalue weighted by Gasteiger charge is 2.05. The lowest BCUT2D eigenvalue weighted by molar-refractivity contribution is -0.143. The molecule has 7 nitrogen and oxygen atoms in total. The van der Waals surface area contributed by atoms with Gasteiger partial charge in [0.2, 0.25) is 5.91 Å². The molecule has 0 radical (unpaired) electrons. The largest absolute Gasteiger partial charge is 0.497 e. The number of rotatable bonds is 7. The van der Waals surface area contributed by atoms with Crippen LogP contribution in [0, 0.1) is 0 Å². The number of carbonyl (C=O) groups excluding carboxylic acids is 3. The summed E-state index contributed by atoms with van der Waals surface area (Å²) < 4.78 is 9.94. The van der Waals surface area contributed by atoms with Gasteiger partial charge in [0, 0.05) is 6.08 Å². The van der Waals surface area contributed by atoms with Gasteiger partial charge in [0.05, 0.1) is 13.7 Å². The predicted molar refractivity (Wildman–Crippen MR) is 92.7 cm³/mol. The van der Waals surface area contributed by atoms with Crippen molar-refractivity contribution in [3.05, 3.63) is 48.0 Å². The normalized spacial score (nSPS) is 10.6. The van der Waals surface area contributed by atoms with Crippen molar-refractivity contribution in [2.45, 2.75) is 0 Å². The molecule has 0 aromatic heterocycles.